The number of anilines is 1. The summed E-state index contributed by atoms with van der Waals surface area (Å²) in [6, 6.07) is 18.7. The zero-order valence-corrected chi connectivity index (χ0v) is 17.2. The molecule has 4 rings (SSSR count). The van der Waals surface area contributed by atoms with Crippen LogP contribution in [0.1, 0.15) is 23.8 Å². The SMILES string of the molecule is CC1Oc2ccccc2N(CC(=O)NCc2cccc(COCc3ccco3)c2)C1=O. The molecule has 31 heavy (non-hydrogen) atoms. The summed E-state index contributed by atoms with van der Waals surface area (Å²) in [7, 11) is 0. The minimum atomic E-state index is -0.624. The van der Waals surface area contributed by atoms with E-state index >= 15 is 0 Å². The van der Waals surface area contributed by atoms with Crippen molar-refractivity contribution in [2.75, 3.05) is 11.4 Å². The lowest BCUT2D eigenvalue weighted by Crippen LogP contribution is -2.48. The van der Waals surface area contributed by atoms with Crippen molar-refractivity contribution in [1.29, 1.82) is 0 Å². The van der Waals surface area contributed by atoms with Crippen molar-refractivity contribution < 1.29 is 23.5 Å². The monoisotopic (exact) mass is 420 g/mol. The van der Waals surface area contributed by atoms with Gasteiger partial charge in [0, 0.05) is 6.54 Å². The minimum Gasteiger partial charge on any atom is -0.479 e. The van der Waals surface area contributed by atoms with Crippen LogP contribution in [-0.4, -0.2) is 24.5 Å². The van der Waals surface area contributed by atoms with E-state index in [4.69, 9.17) is 13.9 Å². The molecule has 0 bridgehead atoms. The summed E-state index contributed by atoms with van der Waals surface area (Å²) in [4.78, 5) is 26.6. The van der Waals surface area contributed by atoms with Crippen molar-refractivity contribution in [3.05, 3.63) is 83.8 Å². The van der Waals surface area contributed by atoms with Gasteiger partial charge in [-0.25, -0.2) is 0 Å². The smallest absolute Gasteiger partial charge is 0.268 e. The first kappa shape index (κ1) is 20.7. The molecule has 2 amide bonds. The molecule has 160 valence electrons. The number of hydrogen-bond donors (Lipinski definition) is 1. The Labute approximate surface area is 180 Å². The molecule has 1 aliphatic rings. The number of nitrogens with zero attached hydrogens (tertiary/aromatic N) is 1. The van der Waals surface area contributed by atoms with E-state index in [2.05, 4.69) is 5.32 Å². The largest absolute Gasteiger partial charge is 0.479 e. The van der Waals surface area contributed by atoms with Crippen LogP contribution >= 0.6 is 0 Å². The van der Waals surface area contributed by atoms with Crippen LogP contribution in [0.3, 0.4) is 0 Å². The fraction of sp³-hybridized carbons (Fsp3) is 0.250. The Morgan fingerprint density at radius 1 is 1.06 bits per heavy atom. The number of rotatable bonds is 8. The lowest BCUT2D eigenvalue weighted by Gasteiger charge is -2.32. The van der Waals surface area contributed by atoms with E-state index < -0.39 is 6.10 Å². The Hall–Kier alpha value is -3.58. The number of hydrogen-bond acceptors (Lipinski definition) is 5. The first-order valence-electron chi connectivity index (χ1n) is 10.1. The van der Waals surface area contributed by atoms with Gasteiger partial charge in [0.2, 0.25) is 5.91 Å². The molecular weight excluding hydrogens is 396 g/mol. The molecular formula is C24H24N2O5. The highest BCUT2D eigenvalue weighted by Gasteiger charge is 2.32. The average Bonchev–Trinajstić information content (AvgIpc) is 3.29. The fourth-order valence-electron chi connectivity index (χ4n) is 3.42. The maximum absolute atomic E-state index is 12.6. The topological polar surface area (TPSA) is 81.0 Å². The summed E-state index contributed by atoms with van der Waals surface area (Å²) in [5.74, 6) is 0.905. The van der Waals surface area contributed by atoms with Gasteiger partial charge in [0.1, 0.15) is 24.7 Å². The van der Waals surface area contributed by atoms with Gasteiger partial charge >= 0.3 is 0 Å². The fourth-order valence-corrected chi connectivity index (χ4v) is 3.42. The molecule has 1 N–H and O–H groups in total. The molecule has 0 saturated heterocycles. The third-order valence-corrected chi connectivity index (χ3v) is 4.95. The first-order valence-corrected chi connectivity index (χ1v) is 10.1. The Balaban J connectivity index is 1.31. The van der Waals surface area contributed by atoms with Crippen molar-refractivity contribution in [2.24, 2.45) is 0 Å². The van der Waals surface area contributed by atoms with Crippen LogP contribution in [-0.2, 0) is 34.1 Å². The van der Waals surface area contributed by atoms with Crippen LogP contribution in [0.2, 0.25) is 0 Å². The molecule has 0 radical (unpaired) electrons. The number of nitrogens with one attached hydrogen (secondary N) is 1. The summed E-state index contributed by atoms with van der Waals surface area (Å²) < 4.78 is 16.5. The summed E-state index contributed by atoms with van der Waals surface area (Å²) in [6.07, 6.45) is 0.992. The molecule has 2 aromatic carbocycles. The van der Waals surface area contributed by atoms with Crippen LogP contribution in [0, 0.1) is 0 Å². The van der Waals surface area contributed by atoms with E-state index in [1.807, 2.05) is 48.5 Å². The van der Waals surface area contributed by atoms with Gasteiger partial charge in [-0.1, -0.05) is 36.4 Å². The zero-order valence-electron chi connectivity index (χ0n) is 17.2. The molecule has 0 fully saturated rings. The van der Waals surface area contributed by atoms with Gasteiger partial charge in [-0.05, 0) is 42.3 Å². The van der Waals surface area contributed by atoms with Gasteiger partial charge in [0.05, 0.1) is 18.6 Å². The highest BCUT2D eigenvalue weighted by molar-refractivity contribution is 6.03. The second-order valence-corrected chi connectivity index (χ2v) is 7.32. The van der Waals surface area contributed by atoms with Gasteiger partial charge in [0.25, 0.3) is 5.91 Å². The number of carbonyl (C=O) groups is 2. The van der Waals surface area contributed by atoms with Crippen molar-refractivity contribution in [1.82, 2.24) is 5.32 Å². The van der Waals surface area contributed by atoms with E-state index in [9.17, 15) is 9.59 Å². The second-order valence-electron chi connectivity index (χ2n) is 7.32. The lowest BCUT2D eigenvalue weighted by atomic mass is 10.1. The highest BCUT2D eigenvalue weighted by atomic mass is 16.5. The summed E-state index contributed by atoms with van der Waals surface area (Å²) in [6.45, 7) is 2.83. The van der Waals surface area contributed by atoms with Gasteiger partial charge in [0.15, 0.2) is 6.10 Å². The number of fused-ring (bicyclic) bond motifs is 1. The van der Waals surface area contributed by atoms with Crippen LogP contribution in [0.4, 0.5) is 5.69 Å². The van der Waals surface area contributed by atoms with Crippen molar-refractivity contribution >= 4 is 17.5 Å². The summed E-state index contributed by atoms with van der Waals surface area (Å²) >= 11 is 0. The van der Waals surface area contributed by atoms with Crippen LogP contribution in [0.15, 0.2) is 71.3 Å². The third-order valence-electron chi connectivity index (χ3n) is 4.95. The van der Waals surface area contributed by atoms with E-state index in [0.29, 0.717) is 31.2 Å². The lowest BCUT2D eigenvalue weighted by molar-refractivity contribution is -0.128. The Kier molecular flexibility index (Phi) is 6.33. The average molecular weight is 420 g/mol. The molecule has 2 heterocycles. The summed E-state index contributed by atoms with van der Waals surface area (Å²) in [5.41, 5.74) is 2.57. The maximum atomic E-state index is 12.6. The number of furan rings is 1. The van der Waals surface area contributed by atoms with Crippen molar-refractivity contribution in [3.8, 4) is 5.75 Å². The van der Waals surface area contributed by atoms with Crippen molar-refractivity contribution in [2.45, 2.75) is 32.8 Å². The molecule has 1 unspecified atom stereocenters. The van der Waals surface area contributed by atoms with E-state index in [0.717, 1.165) is 16.9 Å². The third kappa shape index (κ3) is 5.13. The molecule has 1 atom stereocenters. The quantitative estimate of drug-likeness (QED) is 0.604. The van der Waals surface area contributed by atoms with E-state index in [-0.39, 0.29) is 18.4 Å². The van der Waals surface area contributed by atoms with Gasteiger partial charge in [-0.2, -0.15) is 0 Å². The minimum absolute atomic E-state index is 0.0600. The predicted molar refractivity (Wildman–Crippen MR) is 114 cm³/mol. The first-order chi connectivity index (χ1) is 15.1. The molecule has 7 heteroatoms. The number of para-hydroxylation sites is 2. The molecule has 0 spiro atoms. The van der Waals surface area contributed by atoms with E-state index in [1.54, 1.807) is 25.3 Å². The standard InChI is InChI=1S/C24H24N2O5/c1-17-24(28)26(21-9-2-3-10-22(21)31-17)14-23(27)25-13-18-6-4-7-19(12-18)15-29-16-20-8-5-11-30-20/h2-12,17H,13-16H2,1H3,(H,25,27). The second kappa shape index (κ2) is 9.49. The summed E-state index contributed by atoms with van der Waals surface area (Å²) in [5, 5.41) is 2.89. The van der Waals surface area contributed by atoms with Crippen LogP contribution in [0.5, 0.6) is 5.75 Å². The van der Waals surface area contributed by atoms with Gasteiger partial charge in [-0.15, -0.1) is 0 Å². The molecule has 0 aliphatic carbocycles. The normalized spacial score (nSPS) is 15.3. The molecule has 7 nitrogen and oxygen atoms in total. The number of carbonyl (C=O) groups excluding carboxylic acids is 2. The van der Waals surface area contributed by atoms with Gasteiger partial charge in [-0.3, -0.25) is 14.5 Å². The van der Waals surface area contributed by atoms with Crippen LogP contribution < -0.4 is 15.0 Å². The Bertz CT molecular complexity index is 1050. The molecule has 1 aliphatic heterocycles. The van der Waals surface area contributed by atoms with Crippen LogP contribution in [0.25, 0.3) is 0 Å². The predicted octanol–water partition coefficient (Wildman–Crippen LogP) is 3.43. The number of amides is 2. The number of benzene rings is 2. The Morgan fingerprint density at radius 3 is 2.74 bits per heavy atom. The van der Waals surface area contributed by atoms with E-state index in [1.165, 1.54) is 4.90 Å². The Morgan fingerprint density at radius 2 is 1.90 bits per heavy atom. The molecule has 1 aromatic heterocycles. The molecule has 0 saturated carbocycles. The zero-order chi connectivity index (χ0) is 21.6. The van der Waals surface area contributed by atoms with Crippen molar-refractivity contribution in [3.63, 3.8) is 0 Å². The van der Waals surface area contributed by atoms with Gasteiger partial charge < -0.3 is 19.2 Å². The maximum Gasteiger partial charge on any atom is 0.268 e. The highest BCUT2D eigenvalue weighted by Crippen LogP contribution is 2.33. The number of ether oxygens (including phenoxy) is 2. The molecule has 3 aromatic rings.